The van der Waals surface area contributed by atoms with E-state index in [9.17, 15) is 5.11 Å². The SMILES string of the molecule is CC1CCN(C(C)c2ccc3ccccc3c2O)CC1. The molecular formula is C18H23NO. The van der Waals surface area contributed by atoms with Crippen LogP contribution in [-0.2, 0) is 0 Å². The largest absolute Gasteiger partial charge is 0.507 e. The van der Waals surface area contributed by atoms with Crippen LogP contribution in [0.15, 0.2) is 36.4 Å². The Balaban J connectivity index is 1.91. The van der Waals surface area contributed by atoms with E-state index in [1.165, 1.54) is 12.8 Å². The molecule has 0 amide bonds. The van der Waals surface area contributed by atoms with E-state index in [-0.39, 0.29) is 6.04 Å². The highest BCUT2D eigenvalue weighted by molar-refractivity contribution is 5.89. The van der Waals surface area contributed by atoms with Crippen LogP contribution in [0.3, 0.4) is 0 Å². The van der Waals surface area contributed by atoms with Crippen molar-refractivity contribution in [1.29, 1.82) is 0 Å². The molecule has 1 atom stereocenters. The predicted molar refractivity (Wildman–Crippen MR) is 84.0 cm³/mol. The number of benzene rings is 2. The Kier molecular flexibility index (Phi) is 3.66. The van der Waals surface area contributed by atoms with Gasteiger partial charge in [-0.25, -0.2) is 0 Å². The third-order valence-electron chi connectivity index (χ3n) is 4.75. The monoisotopic (exact) mass is 269 g/mol. The summed E-state index contributed by atoms with van der Waals surface area (Å²) in [6.07, 6.45) is 2.53. The highest BCUT2D eigenvalue weighted by atomic mass is 16.3. The first-order valence-electron chi connectivity index (χ1n) is 7.61. The predicted octanol–water partition coefficient (Wildman–Crippen LogP) is 4.34. The van der Waals surface area contributed by atoms with Crippen molar-refractivity contribution < 1.29 is 5.11 Å². The number of rotatable bonds is 2. The molecule has 0 aliphatic carbocycles. The molecule has 0 bridgehead atoms. The highest BCUT2D eigenvalue weighted by Gasteiger charge is 2.23. The van der Waals surface area contributed by atoms with Gasteiger partial charge in [0.05, 0.1) is 0 Å². The van der Waals surface area contributed by atoms with Gasteiger partial charge in [0, 0.05) is 17.0 Å². The average Bonchev–Trinajstić information content (AvgIpc) is 2.48. The Bertz CT molecular complexity index is 599. The molecule has 1 heterocycles. The van der Waals surface area contributed by atoms with Crippen LogP contribution in [0.1, 0.15) is 38.3 Å². The molecule has 2 heteroatoms. The van der Waals surface area contributed by atoms with E-state index in [4.69, 9.17) is 0 Å². The Hall–Kier alpha value is -1.54. The number of phenols is 1. The van der Waals surface area contributed by atoms with Gasteiger partial charge in [0.1, 0.15) is 5.75 Å². The molecule has 3 rings (SSSR count). The fraction of sp³-hybridized carbons (Fsp3) is 0.444. The summed E-state index contributed by atoms with van der Waals surface area (Å²) in [5, 5.41) is 12.6. The van der Waals surface area contributed by atoms with E-state index < -0.39 is 0 Å². The van der Waals surface area contributed by atoms with Crippen molar-refractivity contribution in [3.05, 3.63) is 42.0 Å². The molecular weight excluding hydrogens is 246 g/mol. The van der Waals surface area contributed by atoms with Crippen molar-refractivity contribution in [1.82, 2.24) is 4.90 Å². The molecule has 20 heavy (non-hydrogen) atoms. The number of likely N-dealkylation sites (tertiary alicyclic amines) is 1. The lowest BCUT2D eigenvalue weighted by molar-refractivity contribution is 0.145. The van der Waals surface area contributed by atoms with E-state index in [1.807, 2.05) is 24.3 Å². The van der Waals surface area contributed by atoms with Crippen LogP contribution in [0, 0.1) is 5.92 Å². The Labute approximate surface area is 121 Å². The number of nitrogens with zero attached hydrogens (tertiary/aromatic N) is 1. The van der Waals surface area contributed by atoms with Gasteiger partial charge in [-0.1, -0.05) is 43.3 Å². The van der Waals surface area contributed by atoms with Gasteiger partial charge < -0.3 is 5.11 Å². The van der Waals surface area contributed by atoms with E-state index in [2.05, 4.69) is 30.9 Å². The van der Waals surface area contributed by atoms with Gasteiger partial charge in [-0.05, 0) is 44.2 Å². The maximum absolute atomic E-state index is 10.6. The molecule has 2 nitrogen and oxygen atoms in total. The van der Waals surface area contributed by atoms with Gasteiger partial charge in [-0.15, -0.1) is 0 Å². The summed E-state index contributed by atoms with van der Waals surface area (Å²) in [6, 6.07) is 12.5. The topological polar surface area (TPSA) is 23.5 Å². The Morgan fingerprint density at radius 1 is 1.10 bits per heavy atom. The molecule has 1 aliphatic heterocycles. The zero-order valence-electron chi connectivity index (χ0n) is 12.3. The van der Waals surface area contributed by atoms with Crippen molar-refractivity contribution in [2.24, 2.45) is 5.92 Å². The summed E-state index contributed by atoms with van der Waals surface area (Å²) in [5.74, 6) is 1.29. The molecule has 1 fully saturated rings. The third-order valence-corrected chi connectivity index (χ3v) is 4.75. The molecule has 0 radical (unpaired) electrons. The zero-order chi connectivity index (χ0) is 14.1. The standard InChI is InChI=1S/C18H23NO/c1-13-9-11-19(12-10-13)14(2)16-8-7-15-5-3-4-6-17(15)18(16)20/h3-8,13-14,20H,9-12H2,1-2H3. The van der Waals surface area contributed by atoms with Crippen LogP contribution in [-0.4, -0.2) is 23.1 Å². The van der Waals surface area contributed by atoms with E-state index in [0.717, 1.165) is 35.3 Å². The van der Waals surface area contributed by atoms with Crippen molar-refractivity contribution in [3.63, 3.8) is 0 Å². The first kappa shape index (κ1) is 13.4. The summed E-state index contributed by atoms with van der Waals surface area (Å²) < 4.78 is 0. The second-order valence-corrected chi connectivity index (χ2v) is 6.12. The molecule has 2 aromatic carbocycles. The minimum Gasteiger partial charge on any atom is -0.507 e. The molecule has 2 aromatic rings. The fourth-order valence-electron chi connectivity index (χ4n) is 3.22. The molecule has 1 N–H and O–H groups in total. The minimum atomic E-state index is 0.284. The maximum Gasteiger partial charge on any atom is 0.128 e. The smallest absolute Gasteiger partial charge is 0.128 e. The van der Waals surface area contributed by atoms with Crippen LogP contribution in [0.5, 0.6) is 5.75 Å². The zero-order valence-corrected chi connectivity index (χ0v) is 12.3. The quantitative estimate of drug-likeness (QED) is 0.876. The number of aromatic hydroxyl groups is 1. The summed E-state index contributed by atoms with van der Waals surface area (Å²) in [4.78, 5) is 2.49. The van der Waals surface area contributed by atoms with Crippen LogP contribution in [0.25, 0.3) is 10.8 Å². The summed E-state index contributed by atoms with van der Waals surface area (Å²) >= 11 is 0. The minimum absolute atomic E-state index is 0.284. The molecule has 1 aliphatic rings. The summed E-state index contributed by atoms with van der Waals surface area (Å²) in [6.45, 7) is 6.80. The fourth-order valence-corrected chi connectivity index (χ4v) is 3.22. The second kappa shape index (κ2) is 5.45. The van der Waals surface area contributed by atoms with E-state index >= 15 is 0 Å². The number of phenolic OH excluding ortho intramolecular Hbond substituents is 1. The van der Waals surface area contributed by atoms with Crippen molar-refractivity contribution in [2.45, 2.75) is 32.7 Å². The molecule has 0 aromatic heterocycles. The Morgan fingerprint density at radius 2 is 1.80 bits per heavy atom. The molecule has 1 saturated heterocycles. The lowest BCUT2D eigenvalue weighted by atomic mass is 9.95. The van der Waals surface area contributed by atoms with Gasteiger partial charge in [-0.3, -0.25) is 4.90 Å². The van der Waals surface area contributed by atoms with Crippen molar-refractivity contribution >= 4 is 10.8 Å². The summed E-state index contributed by atoms with van der Waals surface area (Å²) in [7, 11) is 0. The second-order valence-electron chi connectivity index (χ2n) is 6.12. The van der Waals surface area contributed by atoms with Gasteiger partial charge in [0.25, 0.3) is 0 Å². The van der Waals surface area contributed by atoms with Crippen LogP contribution >= 0.6 is 0 Å². The molecule has 0 saturated carbocycles. The lowest BCUT2D eigenvalue weighted by Crippen LogP contribution is -2.35. The van der Waals surface area contributed by atoms with Gasteiger partial charge in [0.15, 0.2) is 0 Å². The van der Waals surface area contributed by atoms with Crippen LogP contribution in [0.2, 0.25) is 0 Å². The van der Waals surface area contributed by atoms with Gasteiger partial charge >= 0.3 is 0 Å². The van der Waals surface area contributed by atoms with Gasteiger partial charge in [0.2, 0.25) is 0 Å². The molecule has 106 valence electrons. The van der Waals surface area contributed by atoms with Crippen LogP contribution in [0.4, 0.5) is 0 Å². The normalized spacial score (nSPS) is 19.3. The first-order chi connectivity index (χ1) is 9.66. The van der Waals surface area contributed by atoms with Crippen molar-refractivity contribution in [3.8, 4) is 5.75 Å². The van der Waals surface area contributed by atoms with E-state index in [1.54, 1.807) is 0 Å². The average molecular weight is 269 g/mol. The summed E-state index contributed by atoms with van der Waals surface area (Å²) in [5.41, 5.74) is 1.05. The Morgan fingerprint density at radius 3 is 2.55 bits per heavy atom. The number of piperidine rings is 1. The highest BCUT2D eigenvalue weighted by Crippen LogP contribution is 2.36. The van der Waals surface area contributed by atoms with Crippen molar-refractivity contribution in [2.75, 3.05) is 13.1 Å². The maximum atomic E-state index is 10.6. The van der Waals surface area contributed by atoms with Crippen LogP contribution < -0.4 is 0 Å². The molecule has 1 unspecified atom stereocenters. The van der Waals surface area contributed by atoms with E-state index in [0.29, 0.717) is 5.75 Å². The number of hydrogen-bond donors (Lipinski definition) is 1. The first-order valence-corrected chi connectivity index (χ1v) is 7.61. The van der Waals surface area contributed by atoms with Gasteiger partial charge in [-0.2, -0.15) is 0 Å². The third kappa shape index (κ3) is 2.40. The molecule has 0 spiro atoms. The number of fused-ring (bicyclic) bond motifs is 1. The lowest BCUT2D eigenvalue weighted by Gasteiger charge is -2.35. The number of hydrogen-bond acceptors (Lipinski definition) is 2.